The normalized spacial score (nSPS) is 10.3. The number of anilines is 2. The van der Waals surface area contributed by atoms with Gasteiger partial charge in [-0.05, 0) is 29.8 Å². The molecule has 0 aliphatic heterocycles. The number of pyridine rings is 1. The smallest absolute Gasteiger partial charge is 0.238 e. The van der Waals surface area contributed by atoms with Gasteiger partial charge in [0.2, 0.25) is 5.88 Å². The van der Waals surface area contributed by atoms with Crippen molar-refractivity contribution in [2.45, 2.75) is 6.54 Å². The molecule has 0 saturated carbocycles. The molecule has 0 bridgehead atoms. The Bertz CT molecular complexity index is 557. The van der Waals surface area contributed by atoms with E-state index < -0.39 is 0 Å². The van der Waals surface area contributed by atoms with Crippen LogP contribution < -0.4 is 15.4 Å². The van der Waals surface area contributed by atoms with Gasteiger partial charge in [0.05, 0.1) is 12.8 Å². The standard InChI is InChI=1S/C14H16BrN3O/c1-18(9-10-3-5-11(15)6-4-10)13-8-7-12(16)14(17-13)19-2/h3-8H,9,16H2,1-2H3. The van der Waals surface area contributed by atoms with Crippen LogP contribution in [0.4, 0.5) is 11.5 Å². The van der Waals surface area contributed by atoms with E-state index in [2.05, 4.69) is 33.0 Å². The number of benzene rings is 1. The van der Waals surface area contributed by atoms with Gasteiger partial charge >= 0.3 is 0 Å². The molecule has 0 aliphatic carbocycles. The molecule has 0 fully saturated rings. The molecule has 2 rings (SSSR count). The molecule has 0 radical (unpaired) electrons. The van der Waals surface area contributed by atoms with E-state index in [1.165, 1.54) is 5.56 Å². The fraction of sp³-hybridized carbons (Fsp3) is 0.214. The van der Waals surface area contributed by atoms with Crippen molar-refractivity contribution in [3.05, 3.63) is 46.4 Å². The second-order valence-corrected chi connectivity index (χ2v) is 5.17. The first kappa shape index (κ1) is 13.7. The Morgan fingerprint density at radius 3 is 2.53 bits per heavy atom. The van der Waals surface area contributed by atoms with Gasteiger partial charge in [-0.25, -0.2) is 0 Å². The van der Waals surface area contributed by atoms with Crippen LogP contribution in [0.3, 0.4) is 0 Å². The molecule has 0 atom stereocenters. The molecule has 2 aromatic rings. The Kier molecular flexibility index (Phi) is 4.27. The summed E-state index contributed by atoms with van der Waals surface area (Å²) in [6.07, 6.45) is 0. The fourth-order valence-electron chi connectivity index (χ4n) is 1.76. The van der Waals surface area contributed by atoms with Gasteiger partial charge in [0, 0.05) is 18.1 Å². The number of hydrogen-bond donors (Lipinski definition) is 1. The lowest BCUT2D eigenvalue weighted by atomic mass is 10.2. The van der Waals surface area contributed by atoms with E-state index in [9.17, 15) is 0 Å². The highest BCUT2D eigenvalue weighted by Gasteiger charge is 2.07. The number of methoxy groups -OCH3 is 1. The minimum Gasteiger partial charge on any atom is -0.479 e. The van der Waals surface area contributed by atoms with Crippen LogP contribution in [0.5, 0.6) is 5.88 Å². The van der Waals surface area contributed by atoms with Crippen molar-refractivity contribution in [1.82, 2.24) is 4.98 Å². The molecule has 5 heteroatoms. The summed E-state index contributed by atoms with van der Waals surface area (Å²) in [6.45, 7) is 0.771. The average molecular weight is 322 g/mol. The molecular weight excluding hydrogens is 306 g/mol. The first-order valence-electron chi connectivity index (χ1n) is 5.86. The van der Waals surface area contributed by atoms with Crippen LogP contribution in [0.2, 0.25) is 0 Å². The van der Waals surface area contributed by atoms with Crippen LogP contribution in [0.1, 0.15) is 5.56 Å². The summed E-state index contributed by atoms with van der Waals surface area (Å²) in [5.41, 5.74) is 7.51. The van der Waals surface area contributed by atoms with Crippen molar-refractivity contribution in [3.63, 3.8) is 0 Å². The summed E-state index contributed by atoms with van der Waals surface area (Å²) in [6, 6.07) is 11.9. The van der Waals surface area contributed by atoms with E-state index in [0.29, 0.717) is 11.6 Å². The first-order valence-corrected chi connectivity index (χ1v) is 6.65. The Hall–Kier alpha value is -1.75. The lowest BCUT2D eigenvalue weighted by molar-refractivity contribution is 0.400. The Morgan fingerprint density at radius 2 is 1.89 bits per heavy atom. The van der Waals surface area contributed by atoms with Gasteiger partial charge in [-0.15, -0.1) is 0 Å². The Morgan fingerprint density at radius 1 is 1.21 bits per heavy atom. The highest BCUT2D eigenvalue weighted by molar-refractivity contribution is 9.10. The topological polar surface area (TPSA) is 51.4 Å². The summed E-state index contributed by atoms with van der Waals surface area (Å²) in [5.74, 6) is 1.29. The highest BCUT2D eigenvalue weighted by Crippen LogP contribution is 2.23. The number of aromatic nitrogens is 1. The molecule has 0 unspecified atom stereocenters. The van der Waals surface area contributed by atoms with E-state index in [0.717, 1.165) is 16.8 Å². The Labute approximate surface area is 121 Å². The molecular formula is C14H16BrN3O. The summed E-state index contributed by atoms with van der Waals surface area (Å²) in [5, 5.41) is 0. The third-order valence-corrected chi connectivity index (χ3v) is 3.32. The second kappa shape index (κ2) is 5.93. The molecule has 4 nitrogen and oxygen atoms in total. The van der Waals surface area contributed by atoms with Crippen molar-refractivity contribution < 1.29 is 4.74 Å². The fourth-order valence-corrected chi connectivity index (χ4v) is 2.03. The largest absolute Gasteiger partial charge is 0.479 e. The van der Waals surface area contributed by atoms with E-state index in [1.807, 2.05) is 30.1 Å². The highest BCUT2D eigenvalue weighted by atomic mass is 79.9. The number of ether oxygens (including phenoxy) is 1. The number of nitrogens with two attached hydrogens (primary N) is 1. The number of hydrogen-bond acceptors (Lipinski definition) is 4. The van der Waals surface area contributed by atoms with Gasteiger partial charge in [0.1, 0.15) is 5.82 Å². The number of rotatable bonds is 4. The zero-order valence-corrected chi connectivity index (χ0v) is 12.5. The summed E-state index contributed by atoms with van der Waals surface area (Å²) in [7, 11) is 3.55. The third-order valence-electron chi connectivity index (χ3n) is 2.79. The van der Waals surface area contributed by atoms with Crippen LogP contribution in [-0.4, -0.2) is 19.1 Å². The molecule has 1 aromatic carbocycles. The monoisotopic (exact) mass is 321 g/mol. The van der Waals surface area contributed by atoms with Gasteiger partial charge in [0.25, 0.3) is 0 Å². The molecule has 100 valence electrons. The maximum Gasteiger partial charge on any atom is 0.238 e. The molecule has 0 aliphatic rings. The van der Waals surface area contributed by atoms with Crippen molar-refractivity contribution >= 4 is 27.4 Å². The molecule has 0 amide bonds. The zero-order chi connectivity index (χ0) is 13.8. The number of nitrogen functional groups attached to an aromatic ring is 1. The van der Waals surface area contributed by atoms with Crippen molar-refractivity contribution in [1.29, 1.82) is 0 Å². The minimum absolute atomic E-state index is 0.458. The molecule has 1 aromatic heterocycles. The predicted molar refractivity (Wildman–Crippen MR) is 81.5 cm³/mol. The quantitative estimate of drug-likeness (QED) is 0.940. The van der Waals surface area contributed by atoms with Gasteiger partial charge in [-0.2, -0.15) is 4.98 Å². The average Bonchev–Trinajstić information content (AvgIpc) is 2.42. The minimum atomic E-state index is 0.458. The van der Waals surface area contributed by atoms with Gasteiger partial charge < -0.3 is 15.4 Å². The van der Waals surface area contributed by atoms with E-state index in [1.54, 1.807) is 13.2 Å². The number of nitrogens with zero attached hydrogens (tertiary/aromatic N) is 2. The van der Waals surface area contributed by atoms with Crippen LogP contribution in [0.25, 0.3) is 0 Å². The lowest BCUT2D eigenvalue weighted by Gasteiger charge is -2.19. The van der Waals surface area contributed by atoms with Gasteiger partial charge in [-0.1, -0.05) is 28.1 Å². The van der Waals surface area contributed by atoms with Crippen LogP contribution in [0, 0.1) is 0 Å². The van der Waals surface area contributed by atoms with Crippen LogP contribution in [-0.2, 0) is 6.54 Å². The summed E-state index contributed by atoms with van der Waals surface area (Å²) < 4.78 is 6.21. The van der Waals surface area contributed by atoms with Crippen LogP contribution in [0.15, 0.2) is 40.9 Å². The van der Waals surface area contributed by atoms with E-state index >= 15 is 0 Å². The van der Waals surface area contributed by atoms with E-state index in [-0.39, 0.29) is 0 Å². The SMILES string of the molecule is COc1nc(N(C)Cc2ccc(Br)cc2)ccc1N. The molecule has 0 spiro atoms. The van der Waals surface area contributed by atoms with Gasteiger partial charge in [0.15, 0.2) is 0 Å². The molecule has 0 saturated heterocycles. The molecule has 1 heterocycles. The molecule has 2 N–H and O–H groups in total. The summed E-state index contributed by atoms with van der Waals surface area (Å²) >= 11 is 3.43. The maximum absolute atomic E-state index is 5.76. The predicted octanol–water partition coefficient (Wildman–Crippen LogP) is 3.07. The zero-order valence-electron chi connectivity index (χ0n) is 10.9. The third kappa shape index (κ3) is 3.38. The lowest BCUT2D eigenvalue weighted by Crippen LogP contribution is -2.18. The van der Waals surface area contributed by atoms with Crippen molar-refractivity contribution in [2.75, 3.05) is 24.8 Å². The Balaban J connectivity index is 2.15. The van der Waals surface area contributed by atoms with Crippen molar-refractivity contribution in [3.8, 4) is 5.88 Å². The molecule has 19 heavy (non-hydrogen) atoms. The summed E-state index contributed by atoms with van der Waals surface area (Å²) in [4.78, 5) is 6.42. The van der Waals surface area contributed by atoms with E-state index in [4.69, 9.17) is 10.5 Å². The van der Waals surface area contributed by atoms with Crippen molar-refractivity contribution in [2.24, 2.45) is 0 Å². The number of halogens is 1. The van der Waals surface area contributed by atoms with Gasteiger partial charge in [-0.3, -0.25) is 0 Å². The second-order valence-electron chi connectivity index (χ2n) is 4.25. The first-order chi connectivity index (χ1) is 9.10. The van der Waals surface area contributed by atoms with Crippen LogP contribution >= 0.6 is 15.9 Å². The maximum atomic E-state index is 5.76.